The molecule has 21 heavy (non-hydrogen) atoms. The van der Waals surface area contributed by atoms with Crippen LogP contribution in [-0.4, -0.2) is 29.4 Å². The number of pyridine rings is 1. The molecule has 2 heterocycles. The van der Waals surface area contributed by atoms with Gasteiger partial charge in [-0.3, -0.25) is 4.79 Å². The quantitative estimate of drug-likeness (QED) is 0.796. The highest BCUT2D eigenvalue weighted by atomic mass is 19.1. The molecule has 1 aromatic carbocycles. The second-order valence-corrected chi connectivity index (χ2v) is 4.94. The highest BCUT2D eigenvalue weighted by molar-refractivity contribution is 5.94. The molecule has 0 fully saturated rings. The molecule has 1 aliphatic heterocycles. The molecule has 3 rings (SSSR count). The van der Waals surface area contributed by atoms with Crippen LogP contribution in [0.2, 0.25) is 0 Å². The number of ether oxygens (including phenoxy) is 1. The van der Waals surface area contributed by atoms with Crippen molar-refractivity contribution in [2.75, 3.05) is 13.7 Å². The van der Waals surface area contributed by atoms with E-state index in [1.165, 1.54) is 18.3 Å². The molecule has 0 saturated heterocycles. The molecule has 0 radical (unpaired) electrons. The van der Waals surface area contributed by atoms with Crippen molar-refractivity contribution in [3.63, 3.8) is 0 Å². The zero-order valence-corrected chi connectivity index (χ0v) is 11.7. The first kappa shape index (κ1) is 13.5. The third-order valence-electron chi connectivity index (χ3n) is 3.70. The number of amides is 1. The molecular formula is C16H15FN2O2. The molecule has 4 nitrogen and oxygen atoms in total. The van der Waals surface area contributed by atoms with Gasteiger partial charge in [0, 0.05) is 24.8 Å². The van der Waals surface area contributed by atoms with Gasteiger partial charge in [-0.2, -0.15) is 4.39 Å². The Morgan fingerprint density at radius 2 is 2.19 bits per heavy atom. The van der Waals surface area contributed by atoms with Gasteiger partial charge in [-0.05, 0) is 30.2 Å². The maximum Gasteiger partial charge on any atom is 0.255 e. The van der Waals surface area contributed by atoms with Crippen molar-refractivity contribution in [1.82, 2.24) is 9.88 Å². The lowest BCUT2D eigenvalue weighted by Gasteiger charge is -2.29. The van der Waals surface area contributed by atoms with Crippen LogP contribution in [0, 0.1) is 5.95 Å². The van der Waals surface area contributed by atoms with E-state index in [0.29, 0.717) is 18.7 Å². The number of hydrogen-bond donors (Lipinski definition) is 0. The zero-order chi connectivity index (χ0) is 14.8. The number of benzene rings is 1. The van der Waals surface area contributed by atoms with Crippen LogP contribution in [0.5, 0.6) is 5.75 Å². The first-order valence-electron chi connectivity index (χ1n) is 6.74. The summed E-state index contributed by atoms with van der Waals surface area (Å²) in [4.78, 5) is 17.7. The van der Waals surface area contributed by atoms with Crippen LogP contribution in [0.15, 0.2) is 36.5 Å². The molecule has 0 bridgehead atoms. The van der Waals surface area contributed by atoms with Gasteiger partial charge < -0.3 is 9.64 Å². The number of carbonyl (C=O) groups excluding carboxylic acids is 1. The third-order valence-corrected chi connectivity index (χ3v) is 3.70. The Balaban J connectivity index is 1.83. The molecule has 1 amide bonds. The fraction of sp³-hybridized carbons (Fsp3) is 0.250. The lowest BCUT2D eigenvalue weighted by atomic mass is 9.98. The van der Waals surface area contributed by atoms with Gasteiger partial charge in [0.05, 0.1) is 12.7 Å². The van der Waals surface area contributed by atoms with E-state index in [9.17, 15) is 9.18 Å². The van der Waals surface area contributed by atoms with Gasteiger partial charge in [0.2, 0.25) is 5.95 Å². The van der Waals surface area contributed by atoms with Gasteiger partial charge in [0.15, 0.2) is 0 Å². The maximum atomic E-state index is 12.8. The average Bonchev–Trinajstić information content (AvgIpc) is 2.53. The summed E-state index contributed by atoms with van der Waals surface area (Å²) in [7, 11) is 1.65. The predicted octanol–water partition coefficient (Wildman–Crippen LogP) is 2.43. The van der Waals surface area contributed by atoms with Crippen LogP contribution in [0.3, 0.4) is 0 Å². The van der Waals surface area contributed by atoms with Gasteiger partial charge in [-0.1, -0.05) is 12.1 Å². The number of rotatable bonds is 2. The second kappa shape index (κ2) is 5.52. The van der Waals surface area contributed by atoms with Crippen molar-refractivity contribution in [3.8, 4) is 5.75 Å². The van der Waals surface area contributed by atoms with E-state index in [0.717, 1.165) is 23.3 Å². The average molecular weight is 286 g/mol. The van der Waals surface area contributed by atoms with Crippen molar-refractivity contribution < 1.29 is 13.9 Å². The summed E-state index contributed by atoms with van der Waals surface area (Å²) in [5, 5.41) is 0. The summed E-state index contributed by atoms with van der Waals surface area (Å²) < 4.78 is 18.2. The van der Waals surface area contributed by atoms with Gasteiger partial charge in [0.1, 0.15) is 5.75 Å². The van der Waals surface area contributed by atoms with Crippen molar-refractivity contribution in [1.29, 1.82) is 0 Å². The Morgan fingerprint density at radius 3 is 2.90 bits per heavy atom. The number of halogens is 1. The SMILES string of the molecule is COc1cccc2c1CCN(C(=O)c1ccc(F)nc1)C2. The van der Waals surface area contributed by atoms with Crippen molar-refractivity contribution in [3.05, 3.63) is 59.2 Å². The molecule has 108 valence electrons. The molecule has 0 saturated carbocycles. The van der Waals surface area contributed by atoms with E-state index >= 15 is 0 Å². The van der Waals surface area contributed by atoms with Gasteiger partial charge in [-0.25, -0.2) is 4.98 Å². The molecule has 0 unspecified atom stereocenters. The summed E-state index contributed by atoms with van der Waals surface area (Å²) in [6.07, 6.45) is 2.03. The molecule has 0 N–H and O–H groups in total. The number of aromatic nitrogens is 1. The van der Waals surface area contributed by atoms with Crippen LogP contribution in [0.4, 0.5) is 4.39 Å². The molecule has 2 aromatic rings. The Kier molecular flexibility index (Phi) is 3.56. The fourth-order valence-electron chi connectivity index (χ4n) is 2.62. The number of hydrogen-bond acceptors (Lipinski definition) is 3. The van der Waals surface area contributed by atoms with Crippen molar-refractivity contribution in [2.45, 2.75) is 13.0 Å². The third kappa shape index (κ3) is 2.59. The number of nitrogens with zero attached hydrogens (tertiary/aromatic N) is 2. The van der Waals surface area contributed by atoms with E-state index < -0.39 is 5.95 Å². The molecule has 1 aliphatic rings. The summed E-state index contributed by atoms with van der Waals surface area (Å²) in [5.74, 6) is 0.152. The van der Waals surface area contributed by atoms with E-state index in [2.05, 4.69) is 4.98 Å². The van der Waals surface area contributed by atoms with Gasteiger partial charge in [-0.15, -0.1) is 0 Å². The van der Waals surface area contributed by atoms with Crippen LogP contribution in [0.25, 0.3) is 0 Å². The Labute approximate surface area is 122 Å². The minimum atomic E-state index is -0.583. The number of carbonyl (C=O) groups is 1. The van der Waals surface area contributed by atoms with Crippen LogP contribution >= 0.6 is 0 Å². The fourth-order valence-corrected chi connectivity index (χ4v) is 2.62. The van der Waals surface area contributed by atoms with Crippen LogP contribution in [-0.2, 0) is 13.0 Å². The Hall–Kier alpha value is -2.43. The minimum absolute atomic E-state index is 0.129. The lowest BCUT2D eigenvalue weighted by molar-refractivity contribution is 0.0733. The molecule has 0 aliphatic carbocycles. The summed E-state index contributed by atoms with van der Waals surface area (Å²) >= 11 is 0. The zero-order valence-electron chi connectivity index (χ0n) is 11.7. The maximum absolute atomic E-state index is 12.8. The second-order valence-electron chi connectivity index (χ2n) is 4.94. The van der Waals surface area contributed by atoms with E-state index in [-0.39, 0.29) is 5.91 Å². The Morgan fingerprint density at radius 1 is 1.33 bits per heavy atom. The van der Waals surface area contributed by atoms with E-state index in [1.807, 2.05) is 18.2 Å². The first-order valence-corrected chi connectivity index (χ1v) is 6.74. The predicted molar refractivity (Wildman–Crippen MR) is 75.6 cm³/mol. The van der Waals surface area contributed by atoms with Crippen molar-refractivity contribution in [2.24, 2.45) is 0 Å². The smallest absolute Gasteiger partial charge is 0.255 e. The van der Waals surface area contributed by atoms with Crippen LogP contribution in [0.1, 0.15) is 21.5 Å². The van der Waals surface area contributed by atoms with Crippen LogP contribution < -0.4 is 4.74 Å². The molecule has 0 spiro atoms. The standard InChI is InChI=1S/C16H15FN2O2/c1-21-14-4-2-3-12-10-19(8-7-13(12)14)16(20)11-5-6-15(17)18-9-11/h2-6,9H,7-8,10H2,1H3. The highest BCUT2D eigenvalue weighted by Gasteiger charge is 2.23. The lowest BCUT2D eigenvalue weighted by Crippen LogP contribution is -2.36. The minimum Gasteiger partial charge on any atom is -0.496 e. The van der Waals surface area contributed by atoms with E-state index in [1.54, 1.807) is 12.0 Å². The summed E-state index contributed by atoms with van der Waals surface area (Å²) in [6.45, 7) is 1.15. The number of methoxy groups -OCH3 is 1. The normalized spacial score (nSPS) is 13.7. The summed E-state index contributed by atoms with van der Waals surface area (Å²) in [6, 6.07) is 8.52. The largest absolute Gasteiger partial charge is 0.496 e. The van der Waals surface area contributed by atoms with Gasteiger partial charge >= 0.3 is 0 Å². The topological polar surface area (TPSA) is 42.4 Å². The number of fused-ring (bicyclic) bond motifs is 1. The highest BCUT2D eigenvalue weighted by Crippen LogP contribution is 2.28. The Bertz CT molecular complexity index is 670. The van der Waals surface area contributed by atoms with Gasteiger partial charge in [0.25, 0.3) is 5.91 Å². The molecule has 1 aromatic heterocycles. The summed E-state index contributed by atoms with van der Waals surface area (Å²) in [5.41, 5.74) is 2.65. The van der Waals surface area contributed by atoms with E-state index in [4.69, 9.17) is 4.74 Å². The molecule has 0 atom stereocenters. The molecular weight excluding hydrogens is 271 g/mol. The monoisotopic (exact) mass is 286 g/mol. The molecule has 5 heteroatoms. The first-order chi connectivity index (χ1) is 10.2. The van der Waals surface area contributed by atoms with Crippen molar-refractivity contribution >= 4 is 5.91 Å².